The highest BCUT2D eigenvalue weighted by atomic mass is 16.2. The zero-order chi connectivity index (χ0) is 15.9. The lowest BCUT2D eigenvalue weighted by atomic mass is 10.1. The highest BCUT2D eigenvalue weighted by Gasteiger charge is 2.43. The highest BCUT2D eigenvalue weighted by molar-refractivity contribution is 5.93. The molecule has 2 aromatic rings. The van der Waals surface area contributed by atoms with Crippen molar-refractivity contribution in [1.29, 1.82) is 0 Å². The number of hydrogen-bond donors (Lipinski definition) is 1. The first-order valence-electron chi connectivity index (χ1n) is 7.11. The Morgan fingerprint density at radius 1 is 1.27 bits per heavy atom. The molecule has 0 radical (unpaired) electrons. The normalized spacial score (nSPS) is 19.7. The summed E-state index contributed by atoms with van der Waals surface area (Å²) in [7, 11) is 3.19. The Kier molecular flexibility index (Phi) is 3.44. The van der Waals surface area contributed by atoms with Gasteiger partial charge >= 0.3 is 5.69 Å². The van der Waals surface area contributed by atoms with Crippen molar-refractivity contribution in [2.24, 2.45) is 7.05 Å². The third-order valence-corrected chi connectivity index (χ3v) is 4.14. The van der Waals surface area contributed by atoms with Gasteiger partial charge in [0, 0.05) is 32.3 Å². The summed E-state index contributed by atoms with van der Waals surface area (Å²) in [4.78, 5) is 39.4. The Morgan fingerprint density at radius 2 is 1.95 bits per heavy atom. The third kappa shape index (κ3) is 2.47. The van der Waals surface area contributed by atoms with Gasteiger partial charge in [0.2, 0.25) is 0 Å². The maximum Gasteiger partial charge on any atom is 0.328 e. The summed E-state index contributed by atoms with van der Waals surface area (Å²) in [6.07, 6.45) is 2.18. The van der Waals surface area contributed by atoms with Crippen molar-refractivity contribution in [3.05, 3.63) is 68.5 Å². The molecule has 2 atom stereocenters. The van der Waals surface area contributed by atoms with Crippen molar-refractivity contribution in [1.82, 2.24) is 14.5 Å². The number of H-pyrrole nitrogens is 1. The Labute approximate surface area is 127 Å². The van der Waals surface area contributed by atoms with Crippen molar-refractivity contribution in [3.8, 4) is 0 Å². The molecule has 6 nitrogen and oxygen atoms in total. The SMILES string of the molecule is CN(C(=O)c1cn(C)c(=O)[nH]c1=O)C1CC1c1ccccc1. The van der Waals surface area contributed by atoms with Gasteiger partial charge in [-0.25, -0.2) is 4.79 Å². The zero-order valence-corrected chi connectivity index (χ0v) is 12.4. The van der Waals surface area contributed by atoms with Gasteiger partial charge in [-0.15, -0.1) is 0 Å². The van der Waals surface area contributed by atoms with Crippen LogP contribution in [0.3, 0.4) is 0 Å². The van der Waals surface area contributed by atoms with Gasteiger partial charge in [0.1, 0.15) is 5.56 Å². The van der Waals surface area contributed by atoms with Gasteiger partial charge in [0.25, 0.3) is 11.5 Å². The van der Waals surface area contributed by atoms with Gasteiger partial charge in [-0.2, -0.15) is 0 Å². The van der Waals surface area contributed by atoms with Gasteiger partial charge in [0.05, 0.1) is 0 Å². The predicted octanol–water partition coefficient (Wildman–Crippen LogP) is 0.702. The van der Waals surface area contributed by atoms with Crippen LogP contribution >= 0.6 is 0 Å². The molecule has 1 saturated carbocycles. The van der Waals surface area contributed by atoms with Gasteiger partial charge in [-0.05, 0) is 12.0 Å². The minimum Gasteiger partial charge on any atom is -0.338 e. The molecule has 0 bridgehead atoms. The first-order chi connectivity index (χ1) is 10.5. The van der Waals surface area contributed by atoms with E-state index in [1.807, 2.05) is 30.3 Å². The van der Waals surface area contributed by atoms with E-state index in [0.717, 1.165) is 6.42 Å². The first kappa shape index (κ1) is 14.3. The van der Waals surface area contributed by atoms with E-state index >= 15 is 0 Å². The standard InChI is InChI=1S/C16H17N3O3/c1-18-9-12(14(20)17-16(18)22)15(21)19(2)13-8-11(13)10-6-4-3-5-7-10/h3-7,9,11,13H,8H2,1-2H3,(H,17,20,22). The van der Waals surface area contributed by atoms with Crippen molar-refractivity contribution in [2.75, 3.05) is 7.05 Å². The minimum atomic E-state index is -0.642. The van der Waals surface area contributed by atoms with Crippen LogP contribution in [-0.2, 0) is 7.05 Å². The second kappa shape index (κ2) is 5.29. The van der Waals surface area contributed by atoms with Crippen LogP contribution in [0.5, 0.6) is 0 Å². The van der Waals surface area contributed by atoms with E-state index in [4.69, 9.17) is 0 Å². The van der Waals surface area contributed by atoms with Gasteiger partial charge in [-0.1, -0.05) is 30.3 Å². The van der Waals surface area contributed by atoms with E-state index in [0.29, 0.717) is 5.92 Å². The lowest BCUT2D eigenvalue weighted by Gasteiger charge is -2.17. The van der Waals surface area contributed by atoms with Crippen LogP contribution in [0.15, 0.2) is 46.1 Å². The van der Waals surface area contributed by atoms with Gasteiger partial charge < -0.3 is 9.47 Å². The molecule has 1 aromatic heterocycles. The number of nitrogens with zero attached hydrogens (tertiary/aromatic N) is 2. The Bertz CT molecular complexity index is 823. The number of carbonyl (C=O) groups excluding carboxylic acids is 1. The van der Waals surface area contributed by atoms with Crippen LogP contribution in [-0.4, -0.2) is 33.4 Å². The monoisotopic (exact) mass is 299 g/mol. The van der Waals surface area contributed by atoms with Crippen molar-refractivity contribution in [3.63, 3.8) is 0 Å². The molecule has 1 fully saturated rings. The number of aromatic amines is 1. The molecule has 1 aliphatic carbocycles. The second-order valence-corrected chi connectivity index (χ2v) is 5.65. The highest BCUT2D eigenvalue weighted by Crippen LogP contribution is 2.44. The van der Waals surface area contributed by atoms with Crippen LogP contribution in [0.1, 0.15) is 28.3 Å². The third-order valence-electron chi connectivity index (χ3n) is 4.14. The van der Waals surface area contributed by atoms with Crippen LogP contribution in [0, 0.1) is 0 Å². The van der Waals surface area contributed by atoms with E-state index in [-0.39, 0.29) is 17.5 Å². The number of nitrogens with one attached hydrogen (secondary N) is 1. The lowest BCUT2D eigenvalue weighted by molar-refractivity contribution is 0.0779. The maximum absolute atomic E-state index is 12.5. The molecule has 1 aliphatic rings. The number of aromatic nitrogens is 2. The van der Waals surface area contributed by atoms with E-state index in [1.165, 1.54) is 23.4 Å². The Balaban J connectivity index is 1.81. The predicted molar refractivity (Wildman–Crippen MR) is 82.0 cm³/mol. The molecular formula is C16H17N3O3. The average Bonchev–Trinajstić information content (AvgIpc) is 3.31. The lowest BCUT2D eigenvalue weighted by Crippen LogP contribution is -2.38. The molecule has 0 spiro atoms. The van der Waals surface area contributed by atoms with Crippen molar-refractivity contribution >= 4 is 5.91 Å². The number of carbonyl (C=O) groups is 1. The average molecular weight is 299 g/mol. The van der Waals surface area contributed by atoms with Gasteiger partial charge in [0.15, 0.2) is 0 Å². The van der Waals surface area contributed by atoms with Crippen LogP contribution in [0.25, 0.3) is 0 Å². The molecule has 0 aliphatic heterocycles. The van der Waals surface area contributed by atoms with Crippen LogP contribution in [0.4, 0.5) is 0 Å². The fourth-order valence-corrected chi connectivity index (χ4v) is 2.72. The summed E-state index contributed by atoms with van der Waals surface area (Å²) in [6, 6.07) is 10.1. The maximum atomic E-state index is 12.5. The second-order valence-electron chi connectivity index (χ2n) is 5.65. The molecule has 3 rings (SSSR count). The molecular weight excluding hydrogens is 282 g/mol. The molecule has 1 N–H and O–H groups in total. The number of benzene rings is 1. The molecule has 114 valence electrons. The smallest absolute Gasteiger partial charge is 0.328 e. The molecule has 0 saturated heterocycles. The Hall–Kier alpha value is -2.63. The Morgan fingerprint density at radius 3 is 2.64 bits per heavy atom. The minimum absolute atomic E-state index is 0.0108. The molecule has 22 heavy (non-hydrogen) atoms. The summed E-state index contributed by atoms with van der Waals surface area (Å²) in [5.41, 5.74) is 0.0134. The first-order valence-corrected chi connectivity index (χ1v) is 7.11. The topological polar surface area (TPSA) is 75.2 Å². The number of likely N-dealkylation sites (N-methyl/N-ethyl adjacent to an activating group) is 1. The summed E-state index contributed by atoms with van der Waals surface area (Å²) < 4.78 is 1.20. The zero-order valence-electron chi connectivity index (χ0n) is 12.4. The molecule has 2 unspecified atom stereocenters. The fourth-order valence-electron chi connectivity index (χ4n) is 2.72. The number of hydrogen-bond acceptors (Lipinski definition) is 3. The van der Waals surface area contributed by atoms with E-state index in [9.17, 15) is 14.4 Å². The summed E-state index contributed by atoms with van der Waals surface area (Å²) in [5.74, 6) is -0.0537. The van der Waals surface area contributed by atoms with Crippen LogP contribution in [0.2, 0.25) is 0 Å². The summed E-state index contributed by atoms with van der Waals surface area (Å²) in [5, 5.41) is 0. The van der Waals surface area contributed by atoms with E-state index in [1.54, 1.807) is 11.9 Å². The van der Waals surface area contributed by atoms with Crippen molar-refractivity contribution in [2.45, 2.75) is 18.4 Å². The quantitative estimate of drug-likeness (QED) is 0.906. The molecule has 1 amide bonds. The van der Waals surface area contributed by atoms with Crippen LogP contribution < -0.4 is 11.2 Å². The van der Waals surface area contributed by atoms with E-state index in [2.05, 4.69) is 4.98 Å². The van der Waals surface area contributed by atoms with Crippen molar-refractivity contribution < 1.29 is 4.79 Å². The molecule has 1 aromatic carbocycles. The molecule has 1 heterocycles. The summed E-state index contributed by atoms with van der Waals surface area (Å²) in [6.45, 7) is 0. The van der Waals surface area contributed by atoms with Gasteiger partial charge in [-0.3, -0.25) is 14.6 Å². The summed E-state index contributed by atoms with van der Waals surface area (Å²) >= 11 is 0. The fraction of sp³-hybridized carbons (Fsp3) is 0.312. The number of aryl methyl sites for hydroxylation is 1. The largest absolute Gasteiger partial charge is 0.338 e. The molecule has 6 heteroatoms. The number of rotatable bonds is 3. The van der Waals surface area contributed by atoms with E-state index < -0.39 is 11.2 Å². The number of amides is 1.